The largest absolute Gasteiger partial charge is 0.339 e. The minimum atomic E-state index is -0.0477. The molecule has 0 aliphatic heterocycles. The third kappa shape index (κ3) is 5.30. The molecule has 0 atom stereocenters. The normalized spacial score (nSPS) is 11.3. The molecular weight excluding hydrogens is 374 g/mol. The maximum atomic E-state index is 12.6. The fraction of sp³-hybridized carbons (Fsp3) is 0.227. The summed E-state index contributed by atoms with van der Waals surface area (Å²) < 4.78 is 5.34. The third-order valence-corrected chi connectivity index (χ3v) is 4.48. The summed E-state index contributed by atoms with van der Waals surface area (Å²) in [6.45, 7) is 4.46. The molecule has 3 rings (SSSR count). The summed E-state index contributed by atoms with van der Waals surface area (Å²) in [5, 5.41) is 4.63. The van der Waals surface area contributed by atoms with Crippen molar-refractivity contribution in [3.63, 3.8) is 0 Å². The molecular formula is C22H22ClN3O2. The lowest BCUT2D eigenvalue weighted by Gasteiger charge is -2.24. The van der Waals surface area contributed by atoms with Crippen LogP contribution < -0.4 is 0 Å². The Morgan fingerprint density at radius 1 is 1.18 bits per heavy atom. The third-order valence-electron chi connectivity index (χ3n) is 4.24. The lowest BCUT2D eigenvalue weighted by molar-refractivity contribution is -0.127. The number of aromatic nitrogens is 2. The van der Waals surface area contributed by atoms with Gasteiger partial charge in [-0.25, -0.2) is 0 Å². The quantitative estimate of drug-likeness (QED) is 0.535. The van der Waals surface area contributed by atoms with Gasteiger partial charge in [-0.1, -0.05) is 59.2 Å². The topological polar surface area (TPSA) is 59.2 Å². The Bertz CT molecular complexity index is 951. The van der Waals surface area contributed by atoms with Gasteiger partial charge in [0.25, 0.3) is 0 Å². The fourth-order valence-electron chi connectivity index (χ4n) is 2.77. The van der Waals surface area contributed by atoms with Crippen LogP contribution in [0.15, 0.2) is 65.2 Å². The van der Waals surface area contributed by atoms with Gasteiger partial charge in [0.2, 0.25) is 17.6 Å². The molecule has 0 unspecified atom stereocenters. The van der Waals surface area contributed by atoms with E-state index in [-0.39, 0.29) is 11.9 Å². The van der Waals surface area contributed by atoms with Crippen LogP contribution in [0.2, 0.25) is 5.02 Å². The average molecular weight is 396 g/mol. The lowest BCUT2D eigenvalue weighted by atomic mass is 10.2. The highest BCUT2D eigenvalue weighted by atomic mass is 35.5. The van der Waals surface area contributed by atoms with E-state index in [1.165, 1.54) is 0 Å². The van der Waals surface area contributed by atoms with Gasteiger partial charge in [0, 0.05) is 35.7 Å². The number of halogens is 1. The summed E-state index contributed by atoms with van der Waals surface area (Å²) in [4.78, 5) is 18.8. The van der Waals surface area contributed by atoms with Crippen molar-refractivity contribution in [2.75, 3.05) is 6.54 Å². The Morgan fingerprint density at radius 3 is 2.68 bits per heavy atom. The molecule has 0 N–H and O–H groups in total. The SMILES string of the molecule is CC(C)N(CCc1nc(-c2cccc(Cl)c2)no1)C(=O)/C=C/c1ccccc1. The van der Waals surface area contributed by atoms with Gasteiger partial charge in [-0.3, -0.25) is 4.79 Å². The molecule has 0 aliphatic rings. The second-order valence-electron chi connectivity index (χ2n) is 6.64. The highest BCUT2D eigenvalue weighted by molar-refractivity contribution is 6.30. The van der Waals surface area contributed by atoms with Crippen LogP contribution in [0.5, 0.6) is 0 Å². The Kier molecular flexibility index (Phi) is 6.61. The summed E-state index contributed by atoms with van der Waals surface area (Å²) in [6.07, 6.45) is 3.90. The zero-order chi connectivity index (χ0) is 19.9. The van der Waals surface area contributed by atoms with E-state index >= 15 is 0 Å². The molecule has 3 aromatic rings. The Balaban J connectivity index is 1.64. The first-order valence-electron chi connectivity index (χ1n) is 9.15. The molecule has 2 aromatic carbocycles. The van der Waals surface area contributed by atoms with Crippen LogP contribution in [0.1, 0.15) is 25.3 Å². The van der Waals surface area contributed by atoms with E-state index < -0.39 is 0 Å². The van der Waals surface area contributed by atoms with Crippen LogP contribution in [-0.4, -0.2) is 33.5 Å². The molecule has 1 heterocycles. The number of carbonyl (C=O) groups is 1. The highest BCUT2D eigenvalue weighted by Crippen LogP contribution is 2.20. The Hall–Kier alpha value is -2.92. The predicted molar refractivity (Wildman–Crippen MR) is 111 cm³/mol. The molecule has 144 valence electrons. The van der Waals surface area contributed by atoms with Gasteiger partial charge >= 0.3 is 0 Å². The Morgan fingerprint density at radius 2 is 1.96 bits per heavy atom. The molecule has 0 fully saturated rings. The van der Waals surface area contributed by atoms with Gasteiger partial charge in [0.15, 0.2) is 0 Å². The van der Waals surface area contributed by atoms with E-state index in [0.29, 0.717) is 29.7 Å². The molecule has 0 bridgehead atoms. The van der Waals surface area contributed by atoms with E-state index in [9.17, 15) is 4.79 Å². The number of nitrogens with zero attached hydrogens (tertiary/aromatic N) is 3. The molecule has 0 spiro atoms. The summed E-state index contributed by atoms with van der Waals surface area (Å²) in [7, 11) is 0. The summed E-state index contributed by atoms with van der Waals surface area (Å²) in [6, 6.07) is 17.1. The van der Waals surface area contributed by atoms with Gasteiger partial charge in [0.05, 0.1) is 0 Å². The number of hydrogen-bond donors (Lipinski definition) is 0. The van der Waals surface area contributed by atoms with E-state index in [4.69, 9.17) is 16.1 Å². The molecule has 1 aromatic heterocycles. The second kappa shape index (κ2) is 9.33. The smallest absolute Gasteiger partial charge is 0.246 e. The van der Waals surface area contributed by atoms with E-state index in [0.717, 1.165) is 11.1 Å². The van der Waals surface area contributed by atoms with Crippen molar-refractivity contribution in [1.29, 1.82) is 0 Å². The zero-order valence-corrected chi connectivity index (χ0v) is 16.6. The molecule has 0 saturated carbocycles. The molecule has 28 heavy (non-hydrogen) atoms. The molecule has 0 aliphatic carbocycles. The van der Waals surface area contributed by atoms with Crippen molar-refractivity contribution in [3.8, 4) is 11.4 Å². The van der Waals surface area contributed by atoms with Crippen molar-refractivity contribution in [1.82, 2.24) is 15.0 Å². The maximum Gasteiger partial charge on any atom is 0.246 e. The van der Waals surface area contributed by atoms with Crippen molar-refractivity contribution in [2.24, 2.45) is 0 Å². The Labute approximate surface area is 169 Å². The molecule has 0 radical (unpaired) electrons. The number of benzene rings is 2. The van der Waals surface area contributed by atoms with Gasteiger partial charge in [-0.15, -0.1) is 0 Å². The standard InChI is InChI=1S/C22H22ClN3O2/c1-16(2)26(21(27)12-11-17-7-4-3-5-8-17)14-13-20-24-22(25-28-20)18-9-6-10-19(23)15-18/h3-12,15-16H,13-14H2,1-2H3/b12-11+. The summed E-state index contributed by atoms with van der Waals surface area (Å²) >= 11 is 6.01. The molecule has 1 amide bonds. The zero-order valence-electron chi connectivity index (χ0n) is 15.9. The van der Waals surface area contributed by atoms with Crippen molar-refractivity contribution in [3.05, 3.63) is 77.2 Å². The highest BCUT2D eigenvalue weighted by Gasteiger charge is 2.17. The van der Waals surface area contributed by atoms with Crippen LogP contribution in [0.3, 0.4) is 0 Å². The van der Waals surface area contributed by atoms with Crippen LogP contribution in [0.4, 0.5) is 0 Å². The van der Waals surface area contributed by atoms with Gasteiger partial charge in [-0.05, 0) is 37.6 Å². The first kappa shape index (κ1) is 19.8. The average Bonchev–Trinajstić information content (AvgIpc) is 3.16. The van der Waals surface area contributed by atoms with Gasteiger partial charge in [-0.2, -0.15) is 4.98 Å². The molecule has 0 saturated heterocycles. The summed E-state index contributed by atoms with van der Waals surface area (Å²) in [5.74, 6) is 0.929. The maximum absolute atomic E-state index is 12.6. The summed E-state index contributed by atoms with van der Waals surface area (Å²) in [5.41, 5.74) is 1.78. The predicted octanol–water partition coefficient (Wildman–Crippen LogP) is 4.88. The van der Waals surface area contributed by atoms with Crippen molar-refractivity contribution < 1.29 is 9.32 Å². The van der Waals surface area contributed by atoms with Crippen LogP contribution >= 0.6 is 11.6 Å². The number of amides is 1. The fourth-order valence-corrected chi connectivity index (χ4v) is 2.96. The van der Waals surface area contributed by atoms with Crippen LogP contribution in [-0.2, 0) is 11.2 Å². The monoisotopic (exact) mass is 395 g/mol. The van der Waals surface area contributed by atoms with Gasteiger partial charge < -0.3 is 9.42 Å². The van der Waals surface area contributed by atoms with Crippen molar-refractivity contribution >= 4 is 23.6 Å². The van der Waals surface area contributed by atoms with Crippen LogP contribution in [0.25, 0.3) is 17.5 Å². The second-order valence-corrected chi connectivity index (χ2v) is 7.08. The first-order valence-corrected chi connectivity index (χ1v) is 9.53. The minimum absolute atomic E-state index is 0.0477. The van der Waals surface area contributed by atoms with Crippen LogP contribution in [0, 0.1) is 0 Å². The molecule has 6 heteroatoms. The molecule has 5 nitrogen and oxygen atoms in total. The number of rotatable bonds is 7. The van der Waals surface area contributed by atoms with Gasteiger partial charge in [0.1, 0.15) is 0 Å². The number of carbonyl (C=O) groups excluding carboxylic acids is 1. The minimum Gasteiger partial charge on any atom is -0.339 e. The van der Waals surface area contributed by atoms with E-state index in [2.05, 4.69) is 10.1 Å². The number of hydrogen-bond acceptors (Lipinski definition) is 4. The first-order chi connectivity index (χ1) is 13.5. The van der Waals surface area contributed by atoms with E-state index in [1.54, 1.807) is 23.1 Å². The lowest BCUT2D eigenvalue weighted by Crippen LogP contribution is -2.37. The van der Waals surface area contributed by atoms with Crippen molar-refractivity contribution in [2.45, 2.75) is 26.3 Å². The van der Waals surface area contributed by atoms with E-state index in [1.807, 2.05) is 62.4 Å².